The molecule has 0 fully saturated rings. The van der Waals surface area contributed by atoms with E-state index in [9.17, 15) is 0 Å². The molecule has 0 amide bonds. The molecule has 72 valence electrons. The molecule has 1 aromatic carbocycles. The Hall–Kier alpha value is -0.670. The van der Waals surface area contributed by atoms with Gasteiger partial charge in [-0.1, -0.05) is 42.1 Å². The van der Waals surface area contributed by atoms with Gasteiger partial charge in [0.2, 0.25) is 0 Å². The maximum atomic E-state index is 3.48. The van der Waals surface area contributed by atoms with Gasteiger partial charge in [-0.3, -0.25) is 0 Å². The molecule has 0 atom stereocenters. The Balaban J connectivity index is 2.22. The molecule has 0 saturated carbocycles. The van der Waals surface area contributed by atoms with Gasteiger partial charge in [-0.05, 0) is 27.6 Å². The van der Waals surface area contributed by atoms with E-state index in [1.165, 1.54) is 10.6 Å². The van der Waals surface area contributed by atoms with Crippen molar-refractivity contribution in [2.45, 2.75) is 0 Å². The normalized spacial score (nSPS) is 18.9. The molecule has 1 aromatic rings. The molecule has 14 heavy (non-hydrogen) atoms. The highest BCUT2D eigenvalue weighted by Crippen LogP contribution is 2.36. The summed E-state index contributed by atoms with van der Waals surface area (Å²) in [5.74, 6) is 0. The third-order valence-corrected chi connectivity index (χ3v) is 4.06. The Bertz CT molecular complexity index is 384. The molecule has 0 aliphatic carbocycles. The lowest BCUT2D eigenvalue weighted by molar-refractivity contribution is 0.613. The highest BCUT2D eigenvalue weighted by atomic mass is 79.9. The number of rotatable bonds is 1. The highest BCUT2D eigenvalue weighted by Gasteiger charge is 2.14. The summed E-state index contributed by atoms with van der Waals surface area (Å²) in [6, 6.07) is 10.3. The SMILES string of the molecule is CN1C(Br)=CSC1=Cc1ccccc1. The molecular weight excluding hydrogens is 258 g/mol. The molecule has 0 bridgehead atoms. The van der Waals surface area contributed by atoms with Gasteiger partial charge in [-0.15, -0.1) is 0 Å². The Morgan fingerprint density at radius 2 is 2.00 bits per heavy atom. The van der Waals surface area contributed by atoms with E-state index in [-0.39, 0.29) is 0 Å². The molecule has 2 rings (SSSR count). The van der Waals surface area contributed by atoms with Crippen molar-refractivity contribution in [1.29, 1.82) is 0 Å². The molecule has 0 aromatic heterocycles. The number of thioether (sulfide) groups is 1. The lowest BCUT2D eigenvalue weighted by Crippen LogP contribution is -2.06. The summed E-state index contributed by atoms with van der Waals surface area (Å²) in [5.41, 5.74) is 1.23. The van der Waals surface area contributed by atoms with E-state index < -0.39 is 0 Å². The maximum absolute atomic E-state index is 3.48. The number of halogens is 1. The van der Waals surface area contributed by atoms with Crippen LogP contribution in [0.1, 0.15) is 5.56 Å². The average Bonchev–Trinajstić information content (AvgIpc) is 2.52. The fourth-order valence-electron chi connectivity index (χ4n) is 1.20. The van der Waals surface area contributed by atoms with Crippen molar-refractivity contribution in [2.24, 2.45) is 0 Å². The largest absolute Gasteiger partial charge is 0.333 e. The first kappa shape index (κ1) is 9.87. The maximum Gasteiger partial charge on any atom is 0.0919 e. The van der Waals surface area contributed by atoms with Crippen LogP contribution in [0.2, 0.25) is 0 Å². The number of nitrogens with zero attached hydrogens (tertiary/aromatic N) is 1. The van der Waals surface area contributed by atoms with Crippen LogP contribution in [0.25, 0.3) is 6.08 Å². The summed E-state index contributed by atoms with van der Waals surface area (Å²) in [4.78, 5) is 2.12. The fourth-order valence-corrected chi connectivity index (χ4v) is 2.62. The Kier molecular flexibility index (Phi) is 2.99. The van der Waals surface area contributed by atoms with Gasteiger partial charge in [0.25, 0.3) is 0 Å². The molecule has 1 heterocycles. The first-order chi connectivity index (χ1) is 6.77. The minimum atomic E-state index is 1.12. The van der Waals surface area contributed by atoms with Gasteiger partial charge in [-0.25, -0.2) is 0 Å². The number of hydrogen-bond donors (Lipinski definition) is 0. The van der Waals surface area contributed by atoms with Crippen LogP contribution < -0.4 is 0 Å². The molecule has 0 unspecified atom stereocenters. The van der Waals surface area contributed by atoms with Gasteiger partial charge in [0, 0.05) is 12.5 Å². The van der Waals surface area contributed by atoms with Crippen LogP contribution >= 0.6 is 27.7 Å². The fraction of sp³-hybridized carbons (Fsp3) is 0.0909. The van der Waals surface area contributed by atoms with Gasteiger partial charge in [0.15, 0.2) is 0 Å². The van der Waals surface area contributed by atoms with E-state index in [2.05, 4.69) is 63.6 Å². The van der Waals surface area contributed by atoms with E-state index in [0.29, 0.717) is 0 Å². The molecule has 1 aliphatic heterocycles. The smallest absolute Gasteiger partial charge is 0.0919 e. The average molecular weight is 268 g/mol. The van der Waals surface area contributed by atoms with Crippen molar-refractivity contribution in [3.05, 3.63) is 50.9 Å². The lowest BCUT2D eigenvalue weighted by Gasteiger charge is -2.12. The second-order valence-corrected chi connectivity index (χ2v) is 4.71. The van der Waals surface area contributed by atoms with Crippen molar-refractivity contribution in [1.82, 2.24) is 4.90 Å². The van der Waals surface area contributed by atoms with Crippen molar-refractivity contribution >= 4 is 33.8 Å². The second kappa shape index (κ2) is 4.24. The van der Waals surface area contributed by atoms with Crippen LogP contribution in [-0.2, 0) is 0 Å². The monoisotopic (exact) mass is 267 g/mol. The van der Waals surface area contributed by atoms with E-state index in [0.717, 1.165) is 4.61 Å². The zero-order valence-electron chi connectivity index (χ0n) is 7.77. The van der Waals surface area contributed by atoms with Gasteiger partial charge in [0.1, 0.15) is 0 Å². The summed E-state index contributed by atoms with van der Waals surface area (Å²) >= 11 is 5.21. The highest BCUT2D eigenvalue weighted by molar-refractivity contribution is 9.11. The topological polar surface area (TPSA) is 3.24 Å². The van der Waals surface area contributed by atoms with Crippen LogP contribution in [0, 0.1) is 0 Å². The molecule has 1 nitrogen and oxygen atoms in total. The van der Waals surface area contributed by atoms with Crippen LogP contribution in [0.4, 0.5) is 0 Å². The van der Waals surface area contributed by atoms with Gasteiger partial charge in [0.05, 0.1) is 9.64 Å². The zero-order valence-corrected chi connectivity index (χ0v) is 10.2. The second-order valence-electron chi connectivity index (χ2n) is 3.01. The van der Waals surface area contributed by atoms with Crippen molar-refractivity contribution in [2.75, 3.05) is 7.05 Å². The third-order valence-electron chi connectivity index (χ3n) is 2.02. The Morgan fingerprint density at radius 1 is 1.29 bits per heavy atom. The minimum absolute atomic E-state index is 1.12. The van der Waals surface area contributed by atoms with Crippen molar-refractivity contribution < 1.29 is 0 Å². The van der Waals surface area contributed by atoms with E-state index in [4.69, 9.17) is 0 Å². The number of hydrogen-bond acceptors (Lipinski definition) is 2. The Labute approximate surface area is 96.6 Å². The molecule has 0 saturated heterocycles. The van der Waals surface area contributed by atoms with Crippen molar-refractivity contribution in [3.63, 3.8) is 0 Å². The van der Waals surface area contributed by atoms with E-state index >= 15 is 0 Å². The number of benzene rings is 1. The lowest BCUT2D eigenvalue weighted by atomic mass is 10.2. The molecule has 0 N–H and O–H groups in total. The van der Waals surface area contributed by atoms with Gasteiger partial charge in [-0.2, -0.15) is 0 Å². The molecule has 0 radical (unpaired) electrons. The summed E-state index contributed by atoms with van der Waals surface area (Å²) in [6.45, 7) is 0. The van der Waals surface area contributed by atoms with E-state index in [1.54, 1.807) is 11.8 Å². The minimum Gasteiger partial charge on any atom is -0.333 e. The standard InChI is InChI=1S/C11H10BrNS/c1-13-10(12)8-14-11(13)7-9-5-3-2-4-6-9/h2-8H,1H3. The van der Waals surface area contributed by atoms with Crippen LogP contribution in [0.5, 0.6) is 0 Å². The quantitative estimate of drug-likeness (QED) is 0.711. The summed E-state index contributed by atoms with van der Waals surface area (Å²) in [6.07, 6.45) is 2.18. The molecule has 0 spiro atoms. The predicted octanol–water partition coefficient (Wildman–Crippen LogP) is 3.86. The summed E-state index contributed by atoms with van der Waals surface area (Å²) in [5, 5.41) is 3.33. The first-order valence-corrected chi connectivity index (χ1v) is 5.97. The molecular formula is C11H10BrNS. The van der Waals surface area contributed by atoms with Gasteiger partial charge < -0.3 is 4.90 Å². The van der Waals surface area contributed by atoms with Gasteiger partial charge >= 0.3 is 0 Å². The predicted molar refractivity (Wildman–Crippen MR) is 66.8 cm³/mol. The molecule has 1 aliphatic rings. The first-order valence-electron chi connectivity index (χ1n) is 4.30. The summed E-state index contributed by atoms with van der Waals surface area (Å²) in [7, 11) is 2.05. The molecule has 3 heteroatoms. The van der Waals surface area contributed by atoms with Crippen LogP contribution in [0.15, 0.2) is 45.4 Å². The Morgan fingerprint density at radius 3 is 2.57 bits per heavy atom. The van der Waals surface area contributed by atoms with Crippen molar-refractivity contribution in [3.8, 4) is 0 Å². The third kappa shape index (κ3) is 2.04. The summed E-state index contributed by atoms with van der Waals surface area (Å²) < 4.78 is 1.12. The van der Waals surface area contributed by atoms with Crippen LogP contribution in [0.3, 0.4) is 0 Å². The van der Waals surface area contributed by atoms with Crippen LogP contribution in [-0.4, -0.2) is 11.9 Å². The van der Waals surface area contributed by atoms with E-state index in [1.807, 2.05) is 6.07 Å². The zero-order chi connectivity index (χ0) is 9.97.